The summed E-state index contributed by atoms with van der Waals surface area (Å²) in [5.41, 5.74) is 3.53. The van der Waals surface area contributed by atoms with Gasteiger partial charge in [0.05, 0.1) is 0 Å². The Labute approximate surface area is 138 Å². The summed E-state index contributed by atoms with van der Waals surface area (Å²) in [5.74, 6) is 0. The van der Waals surface area contributed by atoms with Gasteiger partial charge in [0.2, 0.25) is 0 Å². The van der Waals surface area contributed by atoms with Crippen molar-refractivity contribution >= 4 is 0 Å². The lowest BCUT2D eigenvalue weighted by atomic mass is 10.0. The molecule has 3 rings (SSSR count). The third-order valence-corrected chi connectivity index (χ3v) is 4.78. The number of rotatable bonds is 6. The Morgan fingerprint density at radius 2 is 1.70 bits per heavy atom. The molecule has 0 radical (unpaired) electrons. The zero-order chi connectivity index (χ0) is 16.1. The first kappa shape index (κ1) is 16.0. The molecule has 1 aromatic heterocycles. The van der Waals surface area contributed by atoms with Gasteiger partial charge in [-0.1, -0.05) is 24.3 Å². The van der Waals surface area contributed by atoms with E-state index in [1.165, 1.54) is 50.9 Å². The number of unbranched alkanes of at least 4 members (excludes halogenated alkanes) is 1. The van der Waals surface area contributed by atoms with Crippen LogP contribution in [0.4, 0.5) is 0 Å². The summed E-state index contributed by atoms with van der Waals surface area (Å²) < 4.78 is 1.60. The molecule has 0 N–H and O–H groups in total. The molecule has 0 amide bonds. The maximum absolute atomic E-state index is 11.7. The maximum Gasteiger partial charge on any atom is 0.250 e. The van der Waals surface area contributed by atoms with Crippen LogP contribution in [-0.4, -0.2) is 29.1 Å². The fraction of sp³-hybridized carbons (Fsp3) is 0.450. The Hall–Kier alpha value is -1.87. The minimum absolute atomic E-state index is 0.0356. The number of pyridine rings is 1. The molecule has 0 unspecified atom stereocenters. The number of likely N-dealkylation sites (tertiary alicyclic amines) is 1. The number of hydrogen-bond acceptors (Lipinski definition) is 2. The number of benzene rings is 1. The average Bonchev–Trinajstić information content (AvgIpc) is 3.08. The summed E-state index contributed by atoms with van der Waals surface area (Å²) in [5, 5.41) is 0. The second-order valence-electron chi connectivity index (χ2n) is 6.57. The predicted molar refractivity (Wildman–Crippen MR) is 95.7 cm³/mol. The molecule has 0 aliphatic carbocycles. The molecule has 2 aromatic rings. The largest absolute Gasteiger partial charge is 0.319 e. The highest BCUT2D eigenvalue weighted by Gasteiger charge is 2.10. The van der Waals surface area contributed by atoms with Gasteiger partial charge in [-0.2, -0.15) is 0 Å². The highest BCUT2D eigenvalue weighted by molar-refractivity contribution is 5.62. The van der Waals surface area contributed by atoms with E-state index >= 15 is 0 Å². The fourth-order valence-corrected chi connectivity index (χ4v) is 3.26. The van der Waals surface area contributed by atoms with Crippen LogP contribution in [0, 0.1) is 0 Å². The lowest BCUT2D eigenvalue weighted by Crippen LogP contribution is -2.20. The molecule has 1 aromatic carbocycles. The van der Waals surface area contributed by atoms with Crippen molar-refractivity contribution in [1.82, 2.24) is 9.47 Å². The van der Waals surface area contributed by atoms with Crippen LogP contribution in [0.3, 0.4) is 0 Å². The second-order valence-corrected chi connectivity index (χ2v) is 6.57. The first-order chi connectivity index (χ1) is 11.2. The summed E-state index contributed by atoms with van der Waals surface area (Å²) in [7, 11) is 1.78. The molecule has 1 aliphatic heterocycles. The molecular formula is C20H26N2O. The summed E-state index contributed by atoms with van der Waals surface area (Å²) in [4.78, 5) is 14.3. The SMILES string of the molecule is Cn1ccc(-c2ccc(CCCCN3CCCC3)cc2)cc1=O. The summed E-state index contributed by atoms with van der Waals surface area (Å²) in [6, 6.07) is 12.3. The lowest BCUT2D eigenvalue weighted by molar-refractivity contribution is 0.330. The predicted octanol–water partition coefficient (Wildman–Crippen LogP) is 3.47. The number of aromatic nitrogens is 1. The zero-order valence-corrected chi connectivity index (χ0v) is 14.0. The van der Waals surface area contributed by atoms with E-state index in [0.29, 0.717) is 0 Å². The van der Waals surface area contributed by atoms with Crippen molar-refractivity contribution in [3.8, 4) is 11.1 Å². The Kier molecular flexibility index (Phi) is 5.29. The number of nitrogens with zero attached hydrogens (tertiary/aromatic N) is 2. The van der Waals surface area contributed by atoms with Crippen molar-refractivity contribution in [1.29, 1.82) is 0 Å². The average molecular weight is 310 g/mol. The van der Waals surface area contributed by atoms with Crippen LogP contribution in [0.5, 0.6) is 0 Å². The fourth-order valence-electron chi connectivity index (χ4n) is 3.26. The molecule has 0 bridgehead atoms. The van der Waals surface area contributed by atoms with Crippen LogP contribution in [0.2, 0.25) is 0 Å². The lowest BCUT2D eigenvalue weighted by Gasteiger charge is -2.13. The number of aryl methyl sites for hydroxylation is 2. The summed E-state index contributed by atoms with van der Waals surface area (Å²) in [6.07, 6.45) is 8.26. The van der Waals surface area contributed by atoms with Gasteiger partial charge in [0, 0.05) is 19.3 Å². The Bertz CT molecular complexity index is 682. The zero-order valence-electron chi connectivity index (χ0n) is 14.0. The Morgan fingerprint density at radius 1 is 0.957 bits per heavy atom. The van der Waals surface area contributed by atoms with Crippen LogP contribution in [0.25, 0.3) is 11.1 Å². The van der Waals surface area contributed by atoms with Crippen LogP contribution < -0.4 is 5.56 Å². The van der Waals surface area contributed by atoms with E-state index in [9.17, 15) is 4.79 Å². The third-order valence-electron chi connectivity index (χ3n) is 4.78. The van der Waals surface area contributed by atoms with Crippen molar-refractivity contribution < 1.29 is 0 Å². The van der Waals surface area contributed by atoms with Gasteiger partial charge in [-0.3, -0.25) is 4.79 Å². The monoisotopic (exact) mass is 310 g/mol. The molecular weight excluding hydrogens is 284 g/mol. The second kappa shape index (κ2) is 7.60. The van der Waals surface area contributed by atoms with Gasteiger partial charge in [0.1, 0.15) is 0 Å². The van der Waals surface area contributed by atoms with E-state index in [1.807, 2.05) is 12.3 Å². The van der Waals surface area contributed by atoms with Crippen LogP contribution in [-0.2, 0) is 13.5 Å². The van der Waals surface area contributed by atoms with Gasteiger partial charge in [-0.25, -0.2) is 0 Å². The van der Waals surface area contributed by atoms with Gasteiger partial charge in [-0.05, 0) is 74.5 Å². The van der Waals surface area contributed by atoms with Gasteiger partial charge >= 0.3 is 0 Å². The van der Waals surface area contributed by atoms with Crippen LogP contribution >= 0.6 is 0 Å². The first-order valence-electron chi connectivity index (χ1n) is 8.71. The van der Waals surface area contributed by atoms with Crippen molar-refractivity contribution in [2.75, 3.05) is 19.6 Å². The van der Waals surface area contributed by atoms with Gasteiger partial charge in [0.15, 0.2) is 0 Å². The van der Waals surface area contributed by atoms with E-state index in [2.05, 4.69) is 29.2 Å². The molecule has 1 aliphatic rings. The van der Waals surface area contributed by atoms with Crippen molar-refractivity contribution in [2.45, 2.75) is 32.1 Å². The molecule has 0 saturated carbocycles. The highest BCUT2D eigenvalue weighted by Crippen LogP contribution is 2.19. The summed E-state index contributed by atoms with van der Waals surface area (Å²) in [6.45, 7) is 3.85. The van der Waals surface area contributed by atoms with Crippen molar-refractivity contribution in [3.63, 3.8) is 0 Å². The molecule has 0 atom stereocenters. The van der Waals surface area contributed by atoms with E-state index < -0.39 is 0 Å². The summed E-state index contributed by atoms with van der Waals surface area (Å²) >= 11 is 0. The molecule has 3 nitrogen and oxygen atoms in total. The standard InChI is InChI=1S/C20H26N2O/c1-21-15-11-19(16-20(21)23)18-9-7-17(8-10-18)6-2-3-12-22-13-4-5-14-22/h7-11,15-16H,2-6,12-14H2,1H3. The highest BCUT2D eigenvalue weighted by atomic mass is 16.1. The van der Waals surface area contributed by atoms with Gasteiger partial charge in [-0.15, -0.1) is 0 Å². The van der Waals surface area contributed by atoms with E-state index in [1.54, 1.807) is 17.7 Å². The van der Waals surface area contributed by atoms with Crippen molar-refractivity contribution in [3.05, 3.63) is 58.5 Å². The molecule has 23 heavy (non-hydrogen) atoms. The molecule has 2 heterocycles. The smallest absolute Gasteiger partial charge is 0.250 e. The minimum Gasteiger partial charge on any atom is -0.319 e. The Morgan fingerprint density at radius 3 is 2.39 bits per heavy atom. The Balaban J connectivity index is 1.52. The molecule has 3 heteroatoms. The van der Waals surface area contributed by atoms with Gasteiger partial charge < -0.3 is 9.47 Å². The molecule has 122 valence electrons. The normalized spacial score (nSPS) is 15.2. The first-order valence-corrected chi connectivity index (χ1v) is 8.71. The molecule has 1 fully saturated rings. The van der Waals surface area contributed by atoms with E-state index in [0.717, 1.165) is 17.5 Å². The third kappa shape index (κ3) is 4.32. The topological polar surface area (TPSA) is 25.2 Å². The quantitative estimate of drug-likeness (QED) is 0.763. The molecule has 0 spiro atoms. The number of hydrogen-bond donors (Lipinski definition) is 0. The van der Waals surface area contributed by atoms with Gasteiger partial charge in [0.25, 0.3) is 5.56 Å². The molecule has 1 saturated heterocycles. The van der Waals surface area contributed by atoms with Crippen LogP contribution in [0.1, 0.15) is 31.2 Å². The maximum atomic E-state index is 11.7. The van der Waals surface area contributed by atoms with Crippen molar-refractivity contribution in [2.24, 2.45) is 7.05 Å². The van der Waals surface area contributed by atoms with E-state index in [4.69, 9.17) is 0 Å². The minimum atomic E-state index is 0.0356. The van der Waals surface area contributed by atoms with Crippen LogP contribution in [0.15, 0.2) is 47.4 Å². The van der Waals surface area contributed by atoms with E-state index in [-0.39, 0.29) is 5.56 Å².